The fraction of sp³-hybridized carbons (Fsp3) is 0.0909. The molecule has 0 saturated carbocycles. The van der Waals surface area contributed by atoms with E-state index in [2.05, 4.69) is 5.10 Å². The van der Waals surface area contributed by atoms with E-state index in [1.54, 1.807) is 0 Å². The molecule has 1 heterocycles. The molecule has 0 unspecified atom stereocenters. The summed E-state index contributed by atoms with van der Waals surface area (Å²) in [5.74, 6) is -1.65. The molecule has 0 bridgehead atoms. The van der Waals surface area contributed by atoms with Crippen LogP contribution in [0.1, 0.15) is 15.9 Å². The number of aromatic carboxylic acids is 1. The van der Waals surface area contributed by atoms with Crippen molar-refractivity contribution in [2.75, 3.05) is 5.73 Å². The predicted molar refractivity (Wildman–Crippen MR) is 64.1 cm³/mol. The molecule has 1 aromatic carbocycles. The number of nitrogens with two attached hydrogens (primary N) is 1. The lowest BCUT2D eigenvalue weighted by atomic mass is 10.2. The van der Waals surface area contributed by atoms with Crippen molar-refractivity contribution in [1.82, 2.24) is 9.78 Å². The molecule has 0 atom stereocenters. The molecule has 2 rings (SSSR count). The molecule has 0 aliphatic rings. The van der Waals surface area contributed by atoms with Crippen LogP contribution in [0.5, 0.6) is 0 Å². The van der Waals surface area contributed by atoms with Crippen molar-refractivity contribution in [3.05, 3.63) is 46.4 Å². The van der Waals surface area contributed by atoms with Crippen molar-refractivity contribution >= 4 is 23.4 Å². The summed E-state index contributed by atoms with van der Waals surface area (Å²) in [6.07, 6.45) is 1.30. The van der Waals surface area contributed by atoms with Crippen LogP contribution in [-0.2, 0) is 6.54 Å². The van der Waals surface area contributed by atoms with Gasteiger partial charge in [0.25, 0.3) is 0 Å². The van der Waals surface area contributed by atoms with E-state index in [4.69, 9.17) is 22.4 Å². The summed E-state index contributed by atoms with van der Waals surface area (Å²) >= 11 is 5.86. The minimum Gasteiger partial charge on any atom is -0.477 e. The van der Waals surface area contributed by atoms with E-state index in [0.717, 1.165) is 0 Å². The second-order valence-corrected chi connectivity index (χ2v) is 4.07. The van der Waals surface area contributed by atoms with Gasteiger partial charge in [0.1, 0.15) is 11.4 Å². The number of halogens is 2. The van der Waals surface area contributed by atoms with E-state index < -0.39 is 11.8 Å². The zero-order valence-corrected chi connectivity index (χ0v) is 9.86. The number of hydrogen-bond donors (Lipinski definition) is 2. The molecule has 0 saturated heterocycles. The molecule has 0 amide bonds. The van der Waals surface area contributed by atoms with Crippen LogP contribution in [-0.4, -0.2) is 20.9 Å². The number of nitrogens with zero attached hydrogens (tertiary/aromatic N) is 2. The Morgan fingerprint density at radius 3 is 2.83 bits per heavy atom. The van der Waals surface area contributed by atoms with Gasteiger partial charge in [0, 0.05) is 11.2 Å². The average molecular weight is 270 g/mol. The van der Waals surface area contributed by atoms with Crippen LogP contribution in [0, 0.1) is 5.82 Å². The third kappa shape index (κ3) is 2.43. The predicted octanol–water partition coefficient (Wildman–Crippen LogP) is 2.00. The first kappa shape index (κ1) is 12.4. The van der Waals surface area contributed by atoms with Crippen LogP contribution < -0.4 is 5.73 Å². The minimum absolute atomic E-state index is 0.0688. The molecule has 0 radical (unpaired) electrons. The third-order valence-electron chi connectivity index (χ3n) is 2.37. The second-order valence-electron chi connectivity index (χ2n) is 3.67. The van der Waals surface area contributed by atoms with Crippen molar-refractivity contribution in [2.24, 2.45) is 0 Å². The molecular formula is C11H9ClFN3O2. The molecule has 18 heavy (non-hydrogen) atoms. The third-order valence-corrected chi connectivity index (χ3v) is 2.72. The fourth-order valence-electron chi connectivity index (χ4n) is 1.51. The van der Waals surface area contributed by atoms with Gasteiger partial charge in [-0.05, 0) is 17.7 Å². The van der Waals surface area contributed by atoms with E-state index in [1.165, 1.54) is 29.1 Å². The standard InChI is InChI=1S/C11H9ClFN3O2/c12-9-3-7(13)2-1-6(9)4-16-5-8(11(17)18)10(14)15-16/h1-3,5H,4H2,(H2,14,15)(H,17,18). The monoisotopic (exact) mass is 269 g/mol. The Bertz CT molecular complexity index is 612. The molecule has 0 fully saturated rings. The van der Waals surface area contributed by atoms with Crippen LogP contribution in [0.4, 0.5) is 10.2 Å². The van der Waals surface area contributed by atoms with Crippen LogP contribution in [0.25, 0.3) is 0 Å². The SMILES string of the molecule is Nc1nn(Cc2ccc(F)cc2Cl)cc1C(=O)O. The average Bonchev–Trinajstić information content (AvgIpc) is 2.64. The Balaban J connectivity index is 2.29. The molecule has 3 N–H and O–H groups in total. The lowest BCUT2D eigenvalue weighted by Crippen LogP contribution is -2.01. The summed E-state index contributed by atoms with van der Waals surface area (Å²) in [6.45, 7) is 0.219. The maximum absolute atomic E-state index is 12.9. The van der Waals surface area contributed by atoms with Crippen molar-refractivity contribution in [2.45, 2.75) is 6.54 Å². The van der Waals surface area contributed by atoms with E-state index in [0.29, 0.717) is 5.56 Å². The van der Waals surface area contributed by atoms with Gasteiger partial charge in [-0.15, -0.1) is 0 Å². The zero-order chi connectivity index (χ0) is 13.3. The fourth-order valence-corrected chi connectivity index (χ4v) is 1.73. The Morgan fingerprint density at radius 1 is 1.56 bits per heavy atom. The van der Waals surface area contributed by atoms with Crippen molar-refractivity contribution in [1.29, 1.82) is 0 Å². The number of anilines is 1. The highest BCUT2D eigenvalue weighted by molar-refractivity contribution is 6.31. The van der Waals surface area contributed by atoms with Crippen LogP contribution in [0.2, 0.25) is 5.02 Å². The molecule has 2 aromatic rings. The van der Waals surface area contributed by atoms with Crippen LogP contribution in [0.3, 0.4) is 0 Å². The molecule has 1 aromatic heterocycles. The Hall–Kier alpha value is -2.08. The zero-order valence-electron chi connectivity index (χ0n) is 9.10. The molecule has 94 valence electrons. The van der Waals surface area contributed by atoms with E-state index in [-0.39, 0.29) is 22.9 Å². The highest BCUT2D eigenvalue weighted by Crippen LogP contribution is 2.19. The van der Waals surface area contributed by atoms with Crippen molar-refractivity contribution in [3.63, 3.8) is 0 Å². The van der Waals surface area contributed by atoms with Gasteiger partial charge in [-0.2, -0.15) is 5.10 Å². The van der Waals surface area contributed by atoms with E-state index >= 15 is 0 Å². The first-order valence-electron chi connectivity index (χ1n) is 4.97. The van der Waals surface area contributed by atoms with Gasteiger partial charge >= 0.3 is 5.97 Å². The van der Waals surface area contributed by atoms with Gasteiger partial charge < -0.3 is 10.8 Å². The Labute approximate surface area is 107 Å². The quantitative estimate of drug-likeness (QED) is 0.893. The Morgan fingerprint density at radius 2 is 2.28 bits per heavy atom. The number of carboxylic acid groups (broad SMARTS) is 1. The molecule has 0 aliphatic heterocycles. The van der Waals surface area contributed by atoms with Gasteiger partial charge in [0.15, 0.2) is 5.82 Å². The van der Waals surface area contributed by atoms with E-state index in [9.17, 15) is 9.18 Å². The summed E-state index contributed by atoms with van der Waals surface area (Å²) < 4.78 is 14.2. The van der Waals surface area contributed by atoms with Crippen LogP contribution >= 0.6 is 11.6 Å². The Kier molecular flexibility index (Phi) is 3.20. The number of carboxylic acids is 1. The van der Waals surface area contributed by atoms with E-state index in [1.807, 2.05) is 0 Å². The van der Waals surface area contributed by atoms with Crippen LogP contribution in [0.15, 0.2) is 24.4 Å². The number of nitrogen functional groups attached to an aromatic ring is 1. The number of rotatable bonds is 3. The lowest BCUT2D eigenvalue weighted by Gasteiger charge is -2.04. The molecule has 7 heteroatoms. The second kappa shape index (κ2) is 4.66. The lowest BCUT2D eigenvalue weighted by molar-refractivity contribution is 0.0698. The molecular weight excluding hydrogens is 261 g/mol. The molecule has 0 spiro atoms. The van der Waals surface area contributed by atoms with Gasteiger partial charge in [-0.1, -0.05) is 17.7 Å². The number of benzene rings is 1. The highest BCUT2D eigenvalue weighted by atomic mass is 35.5. The summed E-state index contributed by atoms with van der Waals surface area (Å²) in [6, 6.07) is 3.96. The molecule has 0 aliphatic carbocycles. The maximum Gasteiger partial charge on any atom is 0.341 e. The number of carbonyl (C=O) groups is 1. The minimum atomic E-state index is -1.15. The van der Waals surface area contributed by atoms with Crippen molar-refractivity contribution < 1.29 is 14.3 Å². The largest absolute Gasteiger partial charge is 0.477 e. The normalized spacial score (nSPS) is 10.6. The highest BCUT2D eigenvalue weighted by Gasteiger charge is 2.13. The maximum atomic E-state index is 12.9. The number of aromatic nitrogens is 2. The summed E-state index contributed by atoms with van der Waals surface area (Å²) in [5.41, 5.74) is 6.00. The van der Waals surface area contributed by atoms with Crippen molar-refractivity contribution in [3.8, 4) is 0 Å². The van der Waals surface area contributed by atoms with Gasteiger partial charge in [-0.25, -0.2) is 9.18 Å². The molecule has 5 nitrogen and oxygen atoms in total. The van der Waals surface area contributed by atoms with Gasteiger partial charge in [0.05, 0.1) is 6.54 Å². The van der Waals surface area contributed by atoms with Gasteiger partial charge in [-0.3, -0.25) is 4.68 Å². The summed E-state index contributed by atoms with van der Waals surface area (Å²) in [5, 5.41) is 12.9. The number of hydrogen-bond acceptors (Lipinski definition) is 3. The summed E-state index contributed by atoms with van der Waals surface area (Å²) in [7, 11) is 0. The first-order chi connectivity index (χ1) is 8.47. The topological polar surface area (TPSA) is 81.1 Å². The first-order valence-corrected chi connectivity index (χ1v) is 5.35. The van der Waals surface area contributed by atoms with Gasteiger partial charge in [0.2, 0.25) is 0 Å². The summed E-state index contributed by atoms with van der Waals surface area (Å²) in [4.78, 5) is 10.8. The smallest absolute Gasteiger partial charge is 0.341 e.